The summed E-state index contributed by atoms with van der Waals surface area (Å²) >= 11 is 7.97. The molecule has 7 amide bonds. The molecule has 456 valence electrons. The molecule has 4 heterocycles. The number of ether oxygens (including phenoxy) is 5. The summed E-state index contributed by atoms with van der Waals surface area (Å²) in [6.07, 6.45) is 4.64. The average molecular weight is 1210 g/mol. The van der Waals surface area contributed by atoms with E-state index in [1.807, 2.05) is 13.0 Å². The Kier molecular flexibility index (Phi) is 22.0. The van der Waals surface area contributed by atoms with E-state index in [0.717, 1.165) is 46.2 Å². The minimum Gasteiger partial charge on any atom is -0.495 e. The first-order chi connectivity index (χ1) is 39.9. The highest BCUT2D eigenvalue weighted by Gasteiger charge is 2.64. The number of alkyl carbamates (subject to hydrolysis) is 1. The van der Waals surface area contributed by atoms with E-state index >= 15 is 0 Å². The van der Waals surface area contributed by atoms with Crippen LogP contribution in [-0.2, 0) is 65.4 Å². The van der Waals surface area contributed by atoms with E-state index < -0.39 is 95.1 Å². The predicted molar refractivity (Wildman–Crippen MR) is 310 cm³/mol. The summed E-state index contributed by atoms with van der Waals surface area (Å²) in [5, 5.41) is 19.6. The molecule has 4 bridgehead atoms. The van der Waals surface area contributed by atoms with Gasteiger partial charge in [-0.3, -0.25) is 48.6 Å². The minimum absolute atomic E-state index is 0.0117. The summed E-state index contributed by atoms with van der Waals surface area (Å²) in [5.74, 6) is -3.12. The SMILES string of the molecule is COc1cc2cc(c1Cl)N(C)C(=O)CC(OC(=O)[C@H](C)N(C)C(=O)CCSC1CC(=O)N(CCNC(=O)C3CCC(CNC(=O)CCc4ccc(C=O)c(C=O)c4)CC3)C1=O)[C@]1(C)OC1[C@H](C)[C@@H]1C[C@@](O)(NC(=O)O1)[C@H](OC)/C=C\C=C(/C)C2. The number of amides is 7. The Bertz CT molecular complexity index is 2920. The van der Waals surface area contributed by atoms with Crippen LogP contribution in [0.4, 0.5) is 10.5 Å². The highest BCUT2D eigenvalue weighted by Crippen LogP contribution is 2.49. The van der Waals surface area contributed by atoms with Crippen molar-refractivity contribution in [2.45, 2.75) is 145 Å². The molecule has 4 fully saturated rings. The number of thioether (sulfide) groups is 1. The first-order valence-corrected chi connectivity index (χ1v) is 29.7. The van der Waals surface area contributed by atoms with Crippen LogP contribution in [0.2, 0.25) is 5.02 Å². The summed E-state index contributed by atoms with van der Waals surface area (Å²) in [7, 11) is 5.84. The van der Waals surface area contributed by atoms with Crippen LogP contribution < -0.4 is 25.6 Å². The standard InChI is InChI=1S/C60H77ClN6O16S/c1-34-10-9-11-47(80-8)60(78)30-45(81-58(77)64-60)35(2)54-59(4,83-54)48(29-51(72)66(6)43-26-39(24-34)27-44(79-7)53(43)61)82-57(76)36(3)65(5)50(71)20-23-84-46-28-52(73)67(56(46)75)22-21-62-55(74)40-16-13-38(14-17-40)31-63-49(70)19-15-37-12-18-41(32-68)42(25-37)33-69/h9-12,18,25-27,32-33,35-36,38,40,45-48,54,78H,13-17,19-24,28-31H2,1-8H3,(H,62,74)(H,63,70)(H,64,77)/b11-9-,34-10+/t35-,36+,38?,40?,45+,46?,47-,48?,54?,59+,60+/m1/s1. The molecule has 1 saturated carbocycles. The van der Waals surface area contributed by atoms with E-state index in [1.165, 1.54) is 45.0 Å². The Morgan fingerprint density at radius 1 is 1.00 bits per heavy atom. The van der Waals surface area contributed by atoms with Crippen molar-refractivity contribution in [1.29, 1.82) is 0 Å². The van der Waals surface area contributed by atoms with Gasteiger partial charge in [0.2, 0.25) is 35.4 Å². The summed E-state index contributed by atoms with van der Waals surface area (Å²) in [4.78, 5) is 133. The molecule has 3 unspecified atom stereocenters. The molecule has 24 heteroatoms. The maximum absolute atomic E-state index is 14.4. The molecule has 22 nitrogen and oxygen atoms in total. The van der Waals surface area contributed by atoms with Gasteiger partial charge < -0.3 is 49.2 Å². The molecule has 9 atom stereocenters. The van der Waals surface area contributed by atoms with Crippen molar-refractivity contribution in [3.63, 3.8) is 0 Å². The summed E-state index contributed by atoms with van der Waals surface area (Å²) in [6.45, 7) is 7.34. The van der Waals surface area contributed by atoms with Crippen molar-refractivity contribution in [2.75, 3.05) is 58.6 Å². The third kappa shape index (κ3) is 15.6. The lowest BCUT2D eigenvalue weighted by Gasteiger charge is -2.42. The molecule has 2 aromatic rings. The van der Waals surface area contributed by atoms with Crippen molar-refractivity contribution in [1.82, 2.24) is 25.8 Å². The zero-order valence-electron chi connectivity index (χ0n) is 48.8. The Morgan fingerprint density at radius 3 is 2.42 bits per heavy atom. The molecule has 84 heavy (non-hydrogen) atoms. The zero-order chi connectivity index (χ0) is 61.2. The summed E-state index contributed by atoms with van der Waals surface area (Å²) < 4.78 is 29.5. The fourth-order valence-electron chi connectivity index (χ4n) is 11.4. The Morgan fingerprint density at radius 2 is 1.73 bits per heavy atom. The van der Waals surface area contributed by atoms with Crippen LogP contribution in [0.25, 0.3) is 0 Å². The molecule has 2 aromatic carbocycles. The average Bonchev–Trinajstić information content (AvgIpc) is 4.30. The molecule has 0 aromatic heterocycles. The molecule has 4 N–H and O–H groups in total. The van der Waals surface area contributed by atoms with E-state index in [1.54, 1.807) is 56.3 Å². The number of aliphatic hydroxyl groups is 1. The third-order valence-electron chi connectivity index (χ3n) is 16.8. The van der Waals surface area contributed by atoms with Gasteiger partial charge in [-0.1, -0.05) is 54.5 Å². The molecule has 7 rings (SSSR count). The maximum Gasteiger partial charge on any atom is 0.409 e. The van der Waals surface area contributed by atoms with Crippen LogP contribution in [0.15, 0.2) is 54.1 Å². The smallest absolute Gasteiger partial charge is 0.409 e. The van der Waals surface area contributed by atoms with Gasteiger partial charge in [0.25, 0.3) is 0 Å². The number of anilines is 1. The van der Waals surface area contributed by atoms with Gasteiger partial charge in [0, 0.05) is 95.2 Å². The van der Waals surface area contributed by atoms with Gasteiger partial charge in [-0.05, 0) is 94.5 Å². The first-order valence-electron chi connectivity index (χ1n) is 28.3. The normalized spacial score (nSPS) is 28.5. The molecule has 1 aliphatic carbocycles. The number of methoxy groups -OCH3 is 2. The van der Waals surface area contributed by atoms with Gasteiger partial charge in [0.15, 0.2) is 18.3 Å². The van der Waals surface area contributed by atoms with Gasteiger partial charge in [0.05, 0.1) is 30.6 Å². The number of fused-ring (bicyclic) bond motifs is 5. The number of epoxide rings is 1. The van der Waals surface area contributed by atoms with E-state index in [9.17, 15) is 53.1 Å². The fraction of sp³-hybridized carbons (Fsp3) is 0.567. The van der Waals surface area contributed by atoms with Gasteiger partial charge in [-0.2, -0.15) is 0 Å². The number of aldehydes is 2. The largest absolute Gasteiger partial charge is 0.495 e. The lowest BCUT2D eigenvalue weighted by atomic mass is 9.81. The highest BCUT2D eigenvalue weighted by atomic mass is 35.5. The quantitative estimate of drug-likeness (QED) is 0.0583. The fourth-order valence-corrected chi connectivity index (χ4v) is 12.8. The monoisotopic (exact) mass is 1200 g/mol. The Balaban J connectivity index is 0.895. The number of rotatable bonds is 20. The van der Waals surface area contributed by atoms with Crippen molar-refractivity contribution < 1.29 is 76.7 Å². The van der Waals surface area contributed by atoms with Crippen molar-refractivity contribution in [2.24, 2.45) is 17.8 Å². The number of hydrogen-bond donors (Lipinski definition) is 4. The van der Waals surface area contributed by atoms with Crippen LogP contribution in [-0.4, -0.2) is 176 Å². The first kappa shape index (κ1) is 64.9. The van der Waals surface area contributed by atoms with Gasteiger partial charge in [0.1, 0.15) is 40.7 Å². The number of carbonyl (C=O) groups excluding carboxylic acids is 10. The van der Waals surface area contributed by atoms with Crippen LogP contribution in [0.1, 0.15) is 117 Å². The second-order valence-electron chi connectivity index (χ2n) is 22.6. The van der Waals surface area contributed by atoms with Crippen LogP contribution >= 0.6 is 23.4 Å². The van der Waals surface area contributed by atoms with Crippen LogP contribution in [0.5, 0.6) is 5.75 Å². The van der Waals surface area contributed by atoms with Gasteiger partial charge in [-0.25, -0.2) is 9.59 Å². The highest BCUT2D eigenvalue weighted by molar-refractivity contribution is 8.00. The number of nitrogens with zero attached hydrogens (tertiary/aromatic N) is 3. The molecule has 5 aliphatic rings. The van der Waals surface area contributed by atoms with E-state index in [0.29, 0.717) is 61.8 Å². The second kappa shape index (κ2) is 28.5. The lowest BCUT2D eigenvalue weighted by molar-refractivity contribution is -0.162. The van der Waals surface area contributed by atoms with Gasteiger partial charge >= 0.3 is 12.1 Å². The number of halogens is 1. The number of benzene rings is 2. The van der Waals surface area contributed by atoms with Crippen molar-refractivity contribution in [3.05, 3.63) is 81.4 Å². The van der Waals surface area contributed by atoms with E-state index in [2.05, 4.69) is 16.0 Å². The Labute approximate surface area is 498 Å². The number of aryl methyl sites for hydroxylation is 1. The zero-order valence-corrected chi connectivity index (χ0v) is 50.3. The third-order valence-corrected chi connectivity index (χ3v) is 18.4. The number of likely N-dealkylation sites (tertiary alicyclic amines) is 1. The molecular formula is C60H77ClN6O16S. The van der Waals surface area contributed by atoms with Crippen molar-refractivity contribution >= 4 is 89.1 Å². The molecule has 0 radical (unpaired) electrons. The van der Waals surface area contributed by atoms with Crippen LogP contribution in [0, 0.1) is 17.8 Å². The van der Waals surface area contributed by atoms with Crippen LogP contribution in [0.3, 0.4) is 0 Å². The molecule has 4 aliphatic heterocycles. The predicted octanol–water partition coefficient (Wildman–Crippen LogP) is 5.06. The van der Waals surface area contributed by atoms with E-state index in [4.69, 9.17) is 35.3 Å². The van der Waals surface area contributed by atoms with Crippen molar-refractivity contribution in [3.8, 4) is 5.75 Å². The maximum atomic E-state index is 14.4. The van der Waals surface area contributed by atoms with Gasteiger partial charge in [-0.15, -0.1) is 11.8 Å². The summed E-state index contributed by atoms with van der Waals surface area (Å²) in [6, 6.07) is 7.25. The lowest BCUT2D eigenvalue weighted by Crippen LogP contribution is -2.63. The molecule has 0 spiro atoms. The molecule has 3 saturated heterocycles. The number of esters is 1. The Hall–Kier alpha value is -6.66. The summed E-state index contributed by atoms with van der Waals surface area (Å²) in [5.41, 5.74) is 0.110. The number of nitrogens with one attached hydrogen (secondary N) is 3. The topological polar surface area (TPSA) is 286 Å². The number of carbonyl (C=O) groups is 10. The number of likely N-dealkylation sites (N-methyl/N-ethyl adjacent to an activating group) is 1. The number of allylic oxidation sites excluding steroid dienone is 3. The number of hydrogen-bond acceptors (Lipinski definition) is 17. The molecular weight excluding hydrogens is 1130 g/mol. The van der Waals surface area contributed by atoms with E-state index in [-0.39, 0.29) is 78.8 Å². The number of imide groups is 1. The minimum atomic E-state index is -1.90. The second-order valence-corrected chi connectivity index (χ2v) is 24.3.